The third-order valence-electron chi connectivity index (χ3n) is 3.23. The van der Waals surface area contributed by atoms with Crippen LogP contribution in [0.2, 0.25) is 0 Å². The Morgan fingerprint density at radius 2 is 2.12 bits per heavy atom. The van der Waals surface area contributed by atoms with E-state index in [2.05, 4.69) is 0 Å². The number of hydrogen-bond donors (Lipinski definition) is 1. The number of aliphatic hydroxyl groups is 1. The van der Waals surface area contributed by atoms with Gasteiger partial charge >= 0.3 is 0 Å². The monoisotopic (exact) mass is 240 g/mol. The fourth-order valence-corrected chi connectivity index (χ4v) is 2.16. The van der Waals surface area contributed by atoms with Crippen LogP contribution in [-0.2, 0) is 4.74 Å². The maximum absolute atomic E-state index is 13.2. The number of halogens is 1. The Morgan fingerprint density at radius 3 is 2.76 bits per heavy atom. The molecule has 1 aromatic rings. The van der Waals surface area contributed by atoms with Gasteiger partial charge in [0.2, 0.25) is 0 Å². The molecule has 0 amide bonds. The number of benzene rings is 1. The van der Waals surface area contributed by atoms with Crippen molar-refractivity contribution in [3.8, 4) is 5.75 Å². The van der Waals surface area contributed by atoms with E-state index in [1.54, 1.807) is 12.1 Å². The summed E-state index contributed by atoms with van der Waals surface area (Å²) in [6.45, 7) is 1.36. The van der Waals surface area contributed by atoms with E-state index in [0.29, 0.717) is 18.8 Å². The average molecular weight is 240 g/mol. The molecule has 1 fully saturated rings. The van der Waals surface area contributed by atoms with Gasteiger partial charge in [0.25, 0.3) is 0 Å². The zero-order chi connectivity index (χ0) is 12.3. The second kappa shape index (κ2) is 5.47. The van der Waals surface area contributed by atoms with Crippen LogP contribution in [0.5, 0.6) is 5.75 Å². The van der Waals surface area contributed by atoms with E-state index in [4.69, 9.17) is 9.47 Å². The largest absolute Gasteiger partial charge is 0.494 e. The first-order valence-corrected chi connectivity index (χ1v) is 5.81. The summed E-state index contributed by atoms with van der Waals surface area (Å²) in [5.41, 5.74) is 0.704. The van der Waals surface area contributed by atoms with E-state index in [9.17, 15) is 9.50 Å². The molecule has 0 aliphatic carbocycles. The van der Waals surface area contributed by atoms with Gasteiger partial charge in [0.05, 0.1) is 13.2 Å². The zero-order valence-corrected chi connectivity index (χ0v) is 9.86. The lowest BCUT2D eigenvalue weighted by molar-refractivity contribution is 0.00709. The summed E-state index contributed by atoms with van der Waals surface area (Å²) in [7, 11) is 1.42. The average Bonchev–Trinajstić information content (AvgIpc) is 2.39. The zero-order valence-electron chi connectivity index (χ0n) is 9.86. The molecule has 94 valence electrons. The van der Waals surface area contributed by atoms with Crippen molar-refractivity contribution in [1.29, 1.82) is 0 Å². The Kier molecular flexibility index (Phi) is 3.97. The van der Waals surface area contributed by atoms with Crippen molar-refractivity contribution in [1.82, 2.24) is 0 Å². The standard InChI is InChI=1S/C13H17FO3/c1-16-12-8-10(2-3-11(12)14)13(15)9-4-6-17-7-5-9/h2-3,8-9,13,15H,4-7H2,1H3. The second-order valence-electron chi connectivity index (χ2n) is 4.29. The van der Waals surface area contributed by atoms with Gasteiger partial charge in [0.15, 0.2) is 11.6 Å². The quantitative estimate of drug-likeness (QED) is 0.881. The first-order valence-electron chi connectivity index (χ1n) is 5.81. The van der Waals surface area contributed by atoms with Gasteiger partial charge in [0.1, 0.15) is 0 Å². The summed E-state index contributed by atoms with van der Waals surface area (Å²) in [4.78, 5) is 0. The molecule has 3 nitrogen and oxygen atoms in total. The van der Waals surface area contributed by atoms with Crippen molar-refractivity contribution in [2.45, 2.75) is 18.9 Å². The molecule has 4 heteroatoms. The summed E-state index contributed by atoms with van der Waals surface area (Å²) >= 11 is 0. The fourth-order valence-electron chi connectivity index (χ4n) is 2.16. The van der Waals surface area contributed by atoms with Gasteiger partial charge in [-0.2, -0.15) is 0 Å². The van der Waals surface area contributed by atoms with Crippen molar-refractivity contribution < 1.29 is 19.0 Å². The van der Waals surface area contributed by atoms with Crippen LogP contribution < -0.4 is 4.74 Å². The second-order valence-corrected chi connectivity index (χ2v) is 4.29. The van der Waals surface area contributed by atoms with Crippen molar-refractivity contribution in [3.05, 3.63) is 29.6 Å². The molecule has 1 aliphatic heterocycles. The molecule has 1 aromatic carbocycles. The van der Waals surface area contributed by atoms with Gasteiger partial charge in [-0.15, -0.1) is 0 Å². The molecule has 1 atom stereocenters. The first-order chi connectivity index (χ1) is 8.22. The van der Waals surface area contributed by atoms with Crippen molar-refractivity contribution in [2.24, 2.45) is 5.92 Å². The molecule has 2 rings (SSSR count). The van der Waals surface area contributed by atoms with Crippen LogP contribution in [0.15, 0.2) is 18.2 Å². The van der Waals surface area contributed by atoms with Crippen LogP contribution in [0.25, 0.3) is 0 Å². The highest BCUT2D eigenvalue weighted by molar-refractivity contribution is 5.31. The van der Waals surface area contributed by atoms with E-state index >= 15 is 0 Å². The summed E-state index contributed by atoms with van der Waals surface area (Å²) < 4.78 is 23.4. The Bertz CT molecular complexity index is 375. The van der Waals surface area contributed by atoms with E-state index in [0.717, 1.165) is 12.8 Å². The van der Waals surface area contributed by atoms with E-state index in [1.807, 2.05) is 0 Å². The fraction of sp³-hybridized carbons (Fsp3) is 0.538. The Balaban J connectivity index is 2.15. The minimum atomic E-state index is -0.576. The van der Waals surface area contributed by atoms with Crippen LogP contribution in [0.4, 0.5) is 4.39 Å². The lowest BCUT2D eigenvalue weighted by Crippen LogP contribution is -2.22. The summed E-state index contributed by atoms with van der Waals surface area (Å²) in [5, 5.41) is 10.2. The number of aliphatic hydroxyl groups excluding tert-OH is 1. The highest BCUT2D eigenvalue weighted by Crippen LogP contribution is 2.32. The molecule has 0 saturated carbocycles. The molecule has 1 aliphatic rings. The maximum Gasteiger partial charge on any atom is 0.165 e. The minimum absolute atomic E-state index is 0.175. The summed E-state index contributed by atoms with van der Waals surface area (Å²) in [6, 6.07) is 4.50. The van der Waals surface area contributed by atoms with Gasteiger partial charge in [-0.1, -0.05) is 6.07 Å². The topological polar surface area (TPSA) is 38.7 Å². The summed E-state index contributed by atoms with van der Waals surface area (Å²) in [5.74, 6) is -0.0528. The molecule has 1 unspecified atom stereocenters. The number of hydrogen-bond acceptors (Lipinski definition) is 3. The third-order valence-corrected chi connectivity index (χ3v) is 3.23. The third kappa shape index (κ3) is 2.76. The van der Waals surface area contributed by atoms with Crippen molar-refractivity contribution in [3.63, 3.8) is 0 Å². The van der Waals surface area contributed by atoms with E-state index in [1.165, 1.54) is 13.2 Å². The highest BCUT2D eigenvalue weighted by atomic mass is 19.1. The Morgan fingerprint density at radius 1 is 1.41 bits per heavy atom. The first kappa shape index (κ1) is 12.3. The minimum Gasteiger partial charge on any atom is -0.494 e. The molecule has 0 aromatic heterocycles. The number of rotatable bonds is 3. The van der Waals surface area contributed by atoms with Gasteiger partial charge < -0.3 is 14.6 Å². The van der Waals surface area contributed by atoms with E-state index in [-0.39, 0.29) is 11.7 Å². The van der Waals surface area contributed by atoms with Gasteiger partial charge in [-0.05, 0) is 36.5 Å². The Labute approximate surface area is 100 Å². The molecular formula is C13H17FO3. The predicted molar refractivity (Wildman–Crippen MR) is 61.5 cm³/mol. The smallest absolute Gasteiger partial charge is 0.165 e. The van der Waals surface area contributed by atoms with Crippen LogP contribution in [0.3, 0.4) is 0 Å². The molecule has 1 N–H and O–H groups in total. The van der Waals surface area contributed by atoms with Gasteiger partial charge in [0, 0.05) is 13.2 Å². The normalized spacial score (nSPS) is 19.0. The van der Waals surface area contributed by atoms with Crippen LogP contribution in [0, 0.1) is 11.7 Å². The molecule has 17 heavy (non-hydrogen) atoms. The van der Waals surface area contributed by atoms with Crippen LogP contribution in [0.1, 0.15) is 24.5 Å². The van der Waals surface area contributed by atoms with Crippen LogP contribution in [-0.4, -0.2) is 25.4 Å². The molecule has 0 bridgehead atoms. The maximum atomic E-state index is 13.2. The molecular weight excluding hydrogens is 223 g/mol. The highest BCUT2D eigenvalue weighted by Gasteiger charge is 2.24. The lowest BCUT2D eigenvalue weighted by Gasteiger charge is -2.27. The molecule has 1 saturated heterocycles. The van der Waals surface area contributed by atoms with E-state index < -0.39 is 11.9 Å². The number of ether oxygens (including phenoxy) is 2. The van der Waals surface area contributed by atoms with Crippen LogP contribution >= 0.6 is 0 Å². The van der Waals surface area contributed by atoms with Crippen molar-refractivity contribution >= 4 is 0 Å². The number of methoxy groups -OCH3 is 1. The molecule has 0 spiro atoms. The lowest BCUT2D eigenvalue weighted by atomic mass is 9.89. The predicted octanol–water partition coefficient (Wildman–Crippen LogP) is 2.29. The van der Waals surface area contributed by atoms with Gasteiger partial charge in [-0.25, -0.2) is 4.39 Å². The van der Waals surface area contributed by atoms with Gasteiger partial charge in [-0.3, -0.25) is 0 Å². The SMILES string of the molecule is COc1cc(C(O)C2CCOCC2)ccc1F. The molecule has 0 radical (unpaired) electrons. The molecule has 1 heterocycles. The summed E-state index contributed by atoms with van der Waals surface area (Å²) in [6.07, 6.45) is 1.09. The van der Waals surface area contributed by atoms with Crippen molar-refractivity contribution in [2.75, 3.05) is 20.3 Å². The Hall–Kier alpha value is -1.13.